The number of nitrogens with zero attached hydrogens (tertiary/aromatic N) is 1. The van der Waals surface area contributed by atoms with E-state index in [0.29, 0.717) is 0 Å². The first-order chi connectivity index (χ1) is 7.20. The van der Waals surface area contributed by atoms with E-state index in [9.17, 15) is 0 Å². The van der Waals surface area contributed by atoms with Gasteiger partial charge < -0.3 is 5.32 Å². The standard InChI is InChI=1S/C13H28N2/c1-5-15(12-13(2)3)11-9-7-6-8-10-14-4/h14H,2,5-12H2,1,3-4H3. The third-order valence-corrected chi connectivity index (χ3v) is 2.59. The van der Waals surface area contributed by atoms with Crippen LogP contribution < -0.4 is 5.32 Å². The van der Waals surface area contributed by atoms with Crippen molar-refractivity contribution < 1.29 is 0 Å². The quantitative estimate of drug-likeness (QED) is 0.442. The average Bonchev–Trinajstić information content (AvgIpc) is 2.20. The van der Waals surface area contributed by atoms with E-state index in [0.717, 1.165) is 19.6 Å². The summed E-state index contributed by atoms with van der Waals surface area (Å²) in [6, 6.07) is 0. The van der Waals surface area contributed by atoms with E-state index in [1.165, 1.54) is 37.8 Å². The van der Waals surface area contributed by atoms with Gasteiger partial charge in [-0.1, -0.05) is 31.9 Å². The van der Waals surface area contributed by atoms with Crippen molar-refractivity contribution in [3.05, 3.63) is 12.2 Å². The van der Waals surface area contributed by atoms with Crippen LogP contribution in [0.25, 0.3) is 0 Å². The van der Waals surface area contributed by atoms with Crippen LogP contribution in [0.1, 0.15) is 39.5 Å². The zero-order valence-corrected chi connectivity index (χ0v) is 10.8. The molecule has 0 atom stereocenters. The number of hydrogen-bond donors (Lipinski definition) is 1. The van der Waals surface area contributed by atoms with Crippen molar-refractivity contribution in [2.24, 2.45) is 0 Å². The molecule has 0 saturated heterocycles. The van der Waals surface area contributed by atoms with Crippen molar-refractivity contribution in [2.45, 2.75) is 39.5 Å². The molecule has 0 rings (SSSR count). The Morgan fingerprint density at radius 3 is 2.40 bits per heavy atom. The highest BCUT2D eigenvalue weighted by Gasteiger charge is 2.01. The Morgan fingerprint density at radius 1 is 1.20 bits per heavy atom. The van der Waals surface area contributed by atoms with Gasteiger partial charge in [0.2, 0.25) is 0 Å². The van der Waals surface area contributed by atoms with E-state index in [-0.39, 0.29) is 0 Å². The lowest BCUT2D eigenvalue weighted by molar-refractivity contribution is 0.303. The second-order valence-electron chi connectivity index (χ2n) is 4.34. The van der Waals surface area contributed by atoms with Gasteiger partial charge in [-0.25, -0.2) is 0 Å². The molecular weight excluding hydrogens is 184 g/mol. The maximum atomic E-state index is 3.96. The van der Waals surface area contributed by atoms with Gasteiger partial charge in [-0.3, -0.25) is 4.90 Å². The summed E-state index contributed by atoms with van der Waals surface area (Å²) in [6.45, 7) is 12.9. The summed E-state index contributed by atoms with van der Waals surface area (Å²) < 4.78 is 0. The molecule has 0 aromatic heterocycles. The molecule has 0 heterocycles. The molecule has 1 N–H and O–H groups in total. The van der Waals surface area contributed by atoms with Crippen molar-refractivity contribution in [1.29, 1.82) is 0 Å². The molecule has 0 unspecified atom stereocenters. The summed E-state index contributed by atoms with van der Waals surface area (Å²) in [5, 5.41) is 3.18. The largest absolute Gasteiger partial charge is 0.320 e. The third kappa shape index (κ3) is 9.95. The van der Waals surface area contributed by atoms with Crippen LogP contribution in [0.5, 0.6) is 0 Å². The van der Waals surface area contributed by atoms with Crippen molar-refractivity contribution in [3.63, 3.8) is 0 Å². The normalized spacial score (nSPS) is 10.9. The lowest BCUT2D eigenvalue weighted by atomic mass is 10.2. The number of hydrogen-bond acceptors (Lipinski definition) is 2. The van der Waals surface area contributed by atoms with Crippen LogP contribution in [-0.4, -0.2) is 38.1 Å². The Morgan fingerprint density at radius 2 is 1.87 bits per heavy atom. The van der Waals surface area contributed by atoms with Crippen LogP contribution in [-0.2, 0) is 0 Å². The highest BCUT2D eigenvalue weighted by Crippen LogP contribution is 2.03. The number of rotatable bonds is 10. The molecule has 0 amide bonds. The van der Waals surface area contributed by atoms with Gasteiger partial charge in [0.25, 0.3) is 0 Å². The van der Waals surface area contributed by atoms with Gasteiger partial charge in [-0.2, -0.15) is 0 Å². The van der Waals surface area contributed by atoms with Crippen LogP contribution in [0.3, 0.4) is 0 Å². The Bertz CT molecular complexity index is 155. The molecule has 0 aromatic carbocycles. The Kier molecular flexibility index (Phi) is 9.96. The molecule has 90 valence electrons. The summed E-state index contributed by atoms with van der Waals surface area (Å²) in [5.41, 5.74) is 1.27. The van der Waals surface area contributed by atoms with E-state index in [4.69, 9.17) is 0 Å². The molecule has 0 aliphatic rings. The molecule has 0 aromatic rings. The third-order valence-electron chi connectivity index (χ3n) is 2.59. The van der Waals surface area contributed by atoms with Crippen LogP contribution in [0.2, 0.25) is 0 Å². The SMILES string of the molecule is C=C(C)CN(CC)CCCCCCNC. The topological polar surface area (TPSA) is 15.3 Å². The summed E-state index contributed by atoms with van der Waals surface area (Å²) in [7, 11) is 2.02. The molecule has 0 spiro atoms. The van der Waals surface area contributed by atoms with Gasteiger partial charge in [0.15, 0.2) is 0 Å². The van der Waals surface area contributed by atoms with Crippen LogP contribution >= 0.6 is 0 Å². The predicted molar refractivity (Wildman–Crippen MR) is 69.3 cm³/mol. The second-order valence-corrected chi connectivity index (χ2v) is 4.34. The summed E-state index contributed by atoms with van der Waals surface area (Å²) in [5.74, 6) is 0. The van der Waals surface area contributed by atoms with Crippen molar-refractivity contribution in [3.8, 4) is 0 Å². The monoisotopic (exact) mass is 212 g/mol. The Hall–Kier alpha value is -0.340. The van der Waals surface area contributed by atoms with Crippen LogP contribution in [0.15, 0.2) is 12.2 Å². The summed E-state index contributed by atoms with van der Waals surface area (Å²) in [6.07, 6.45) is 5.34. The van der Waals surface area contributed by atoms with Gasteiger partial charge in [-0.15, -0.1) is 0 Å². The second kappa shape index (κ2) is 10.2. The molecule has 2 nitrogen and oxygen atoms in total. The first kappa shape index (κ1) is 14.7. The zero-order valence-electron chi connectivity index (χ0n) is 10.8. The predicted octanol–water partition coefficient (Wildman–Crippen LogP) is 2.66. The summed E-state index contributed by atoms with van der Waals surface area (Å²) >= 11 is 0. The van der Waals surface area contributed by atoms with Gasteiger partial charge in [0.1, 0.15) is 0 Å². The minimum Gasteiger partial charge on any atom is -0.320 e. The lowest BCUT2D eigenvalue weighted by Gasteiger charge is -2.20. The highest BCUT2D eigenvalue weighted by atomic mass is 15.1. The smallest absolute Gasteiger partial charge is 0.0187 e. The lowest BCUT2D eigenvalue weighted by Crippen LogP contribution is -2.26. The molecule has 0 saturated carbocycles. The average molecular weight is 212 g/mol. The van der Waals surface area contributed by atoms with E-state index >= 15 is 0 Å². The first-order valence-electron chi connectivity index (χ1n) is 6.22. The number of nitrogens with one attached hydrogen (secondary N) is 1. The molecule has 0 bridgehead atoms. The molecule has 15 heavy (non-hydrogen) atoms. The summed E-state index contributed by atoms with van der Waals surface area (Å²) in [4.78, 5) is 2.47. The van der Waals surface area contributed by atoms with Gasteiger partial charge >= 0.3 is 0 Å². The molecule has 0 fully saturated rings. The van der Waals surface area contributed by atoms with Gasteiger partial charge in [0, 0.05) is 6.54 Å². The van der Waals surface area contributed by atoms with E-state index in [1.807, 2.05) is 7.05 Å². The van der Waals surface area contributed by atoms with Crippen molar-refractivity contribution in [1.82, 2.24) is 10.2 Å². The van der Waals surface area contributed by atoms with E-state index in [2.05, 4.69) is 30.6 Å². The van der Waals surface area contributed by atoms with Crippen molar-refractivity contribution >= 4 is 0 Å². The molecule has 0 aliphatic heterocycles. The maximum Gasteiger partial charge on any atom is 0.0187 e. The fourth-order valence-corrected chi connectivity index (χ4v) is 1.72. The first-order valence-corrected chi connectivity index (χ1v) is 6.22. The van der Waals surface area contributed by atoms with Gasteiger partial charge in [-0.05, 0) is 46.4 Å². The fraction of sp³-hybridized carbons (Fsp3) is 0.846. The molecular formula is C13H28N2. The van der Waals surface area contributed by atoms with Crippen LogP contribution in [0.4, 0.5) is 0 Å². The van der Waals surface area contributed by atoms with Crippen molar-refractivity contribution in [2.75, 3.05) is 33.2 Å². The minimum absolute atomic E-state index is 1.06. The number of unbranched alkanes of at least 4 members (excludes halogenated alkanes) is 3. The Labute approximate surface area is 95.7 Å². The number of likely N-dealkylation sites (N-methyl/N-ethyl adjacent to an activating group) is 1. The Balaban J connectivity index is 3.34. The van der Waals surface area contributed by atoms with Crippen LogP contribution in [0, 0.1) is 0 Å². The van der Waals surface area contributed by atoms with E-state index < -0.39 is 0 Å². The fourth-order valence-electron chi connectivity index (χ4n) is 1.72. The zero-order chi connectivity index (χ0) is 11.5. The molecule has 0 aliphatic carbocycles. The molecule has 0 radical (unpaired) electrons. The maximum absolute atomic E-state index is 3.96. The minimum atomic E-state index is 1.06. The van der Waals surface area contributed by atoms with Gasteiger partial charge in [0.05, 0.1) is 0 Å². The molecule has 2 heteroatoms. The highest BCUT2D eigenvalue weighted by molar-refractivity contribution is 4.91. The van der Waals surface area contributed by atoms with E-state index in [1.54, 1.807) is 0 Å².